The van der Waals surface area contributed by atoms with Crippen molar-refractivity contribution in [2.45, 2.75) is 26.4 Å². The summed E-state index contributed by atoms with van der Waals surface area (Å²) in [6.07, 6.45) is 0. The minimum Gasteiger partial charge on any atom is -0.488 e. The summed E-state index contributed by atoms with van der Waals surface area (Å²) >= 11 is 0. The van der Waals surface area contributed by atoms with Gasteiger partial charge in [0.2, 0.25) is 5.82 Å². The summed E-state index contributed by atoms with van der Waals surface area (Å²) in [4.78, 5) is 0. The third-order valence-corrected chi connectivity index (χ3v) is 1.86. The van der Waals surface area contributed by atoms with Gasteiger partial charge in [-0.05, 0) is 38.1 Å². The molecule has 0 radical (unpaired) electrons. The maximum Gasteiger partial charge on any atom is 0.204 e. The second kappa shape index (κ2) is 3.92. The zero-order valence-electron chi connectivity index (χ0n) is 9.56. The van der Waals surface area contributed by atoms with Crippen molar-refractivity contribution in [1.82, 2.24) is 20.6 Å². The van der Waals surface area contributed by atoms with Gasteiger partial charge in [0.25, 0.3) is 0 Å². The lowest BCUT2D eigenvalue weighted by molar-refractivity contribution is 0.131. The number of ether oxygens (including phenoxy) is 1. The molecule has 5 heteroatoms. The van der Waals surface area contributed by atoms with Gasteiger partial charge in [0.05, 0.1) is 0 Å². The van der Waals surface area contributed by atoms with Gasteiger partial charge in [-0.2, -0.15) is 5.21 Å². The van der Waals surface area contributed by atoms with Crippen LogP contribution < -0.4 is 4.74 Å². The molecule has 0 atom stereocenters. The van der Waals surface area contributed by atoms with E-state index in [0.717, 1.165) is 11.3 Å². The van der Waals surface area contributed by atoms with Crippen LogP contribution in [-0.4, -0.2) is 26.2 Å². The van der Waals surface area contributed by atoms with Crippen LogP contribution in [0.5, 0.6) is 5.75 Å². The van der Waals surface area contributed by atoms with Crippen LogP contribution >= 0.6 is 0 Å². The predicted octanol–water partition coefficient (Wildman–Crippen LogP) is 2.04. The van der Waals surface area contributed by atoms with E-state index in [1.807, 2.05) is 45.0 Å². The molecule has 0 spiro atoms. The fourth-order valence-corrected chi connectivity index (χ4v) is 1.34. The van der Waals surface area contributed by atoms with Crippen molar-refractivity contribution in [1.29, 1.82) is 0 Å². The normalized spacial score (nSPS) is 11.4. The Kier molecular flexibility index (Phi) is 2.60. The summed E-state index contributed by atoms with van der Waals surface area (Å²) in [6, 6.07) is 7.64. The SMILES string of the molecule is CC(C)(C)Oc1cccc(-c2nn[nH]n2)c1. The minimum atomic E-state index is -0.212. The van der Waals surface area contributed by atoms with Crippen LogP contribution in [0.4, 0.5) is 0 Å². The fraction of sp³-hybridized carbons (Fsp3) is 0.364. The van der Waals surface area contributed by atoms with Crippen molar-refractivity contribution in [3.63, 3.8) is 0 Å². The van der Waals surface area contributed by atoms with Crippen molar-refractivity contribution in [2.24, 2.45) is 0 Å². The second-order valence-electron chi connectivity index (χ2n) is 4.48. The number of aromatic amines is 1. The van der Waals surface area contributed by atoms with Crippen LogP contribution in [0.3, 0.4) is 0 Å². The first-order chi connectivity index (χ1) is 7.54. The van der Waals surface area contributed by atoms with E-state index in [-0.39, 0.29) is 5.60 Å². The molecule has 0 fully saturated rings. The topological polar surface area (TPSA) is 63.7 Å². The molecular weight excluding hydrogens is 204 g/mol. The van der Waals surface area contributed by atoms with Crippen LogP contribution in [0, 0.1) is 0 Å². The summed E-state index contributed by atoms with van der Waals surface area (Å²) in [5.74, 6) is 1.37. The number of benzene rings is 1. The molecule has 84 valence electrons. The molecule has 0 unspecified atom stereocenters. The molecule has 1 aromatic heterocycles. The quantitative estimate of drug-likeness (QED) is 0.837. The molecule has 0 aliphatic carbocycles. The van der Waals surface area contributed by atoms with Gasteiger partial charge in [-0.1, -0.05) is 12.1 Å². The molecule has 0 bridgehead atoms. The van der Waals surface area contributed by atoms with Gasteiger partial charge in [-0.25, -0.2) is 0 Å². The molecule has 0 saturated carbocycles. The van der Waals surface area contributed by atoms with E-state index < -0.39 is 0 Å². The van der Waals surface area contributed by atoms with Gasteiger partial charge in [0.15, 0.2) is 0 Å². The highest BCUT2D eigenvalue weighted by atomic mass is 16.5. The summed E-state index contributed by atoms with van der Waals surface area (Å²) in [7, 11) is 0. The van der Waals surface area contributed by atoms with Gasteiger partial charge < -0.3 is 4.74 Å². The summed E-state index contributed by atoms with van der Waals surface area (Å²) in [5, 5.41) is 13.8. The molecular formula is C11H14N4O. The van der Waals surface area contributed by atoms with E-state index in [1.54, 1.807) is 0 Å². The molecule has 16 heavy (non-hydrogen) atoms. The van der Waals surface area contributed by atoms with Crippen molar-refractivity contribution in [3.8, 4) is 17.1 Å². The molecule has 1 aromatic carbocycles. The highest BCUT2D eigenvalue weighted by Crippen LogP contribution is 2.23. The van der Waals surface area contributed by atoms with Crippen molar-refractivity contribution in [3.05, 3.63) is 24.3 Å². The Bertz CT molecular complexity index is 459. The molecule has 1 heterocycles. The molecule has 5 nitrogen and oxygen atoms in total. The van der Waals surface area contributed by atoms with Crippen molar-refractivity contribution in [2.75, 3.05) is 0 Å². The van der Waals surface area contributed by atoms with Crippen molar-refractivity contribution < 1.29 is 4.74 Å². The third kappa shape index (κ3) is 2.56. The monoisotopic (exact) mass is 218 g/mol. The first-order valence-electron chi connectivity index (χ1n) is 5.07. The Balaban J connectivity index is 2.27. The van der Waals surface area contributed by atoms with E-state index in [0.29, 0.717) is 5.82 Å². The highest BCUT2D eigenvalue weighted by molar-refractivity contribution is 5.56. The van der Waals surface area contributed by atoms with E-state index in [1.165, 1.54) is 0 Å². The lowest BCUT2D eigenvalue weighted by atomic mass is 10.1. The van der Waals surface area contributed by atoms with E-state index >= 15 is 0 Å². The summed E-state index contributed by atoms with van der Waals surface area (Å²) in [6.45, 7) is 6.02. The summed E-state index contributed by atoms with van der Waals surface area (Å²) < 4.78 is 5.75. The second-order valence-corrected chi connectivity index (χ2v) is 4.48. The lowest BCUT2D eigenvalue weighted by Crippen LogP contribution is -2.22. The number of rotatable bonds is 2. The van der Waals surface area contributed by atoms with Crippen LogP contribution in [0.15, 0.2) is 24.3 Å². The van der Waals surface area contributed by atoms with E-state index in [4.69, 9.17) is 4.74 Å². The maximum absolute atomic E-state index is 5.75. The number of nitrogens with one attached hydrogen (secondary N) is 1. The first-order valence-corrected chi connectivity index (χ1v) is 5.07. The fourth-order valence-electron chi connectivity index (χ4n) is 1.34. The van der Waals surface area contributed by atoms with Gasteiger partial charge in [-0.3, -0.25) is 0 Å². The Morgan fingerprint density at radius 1 is 1.25 bits per heavy atom. The molecule has 0 aliphatic heterocycles. The Labute approximate surface area is 93.8 Å². The minimum absolute atomic E-state index is 0.212. The van der Waals surface area contributed by atoms with Crippen LogP contribution in [0.25, 0.3) is 11.4 Å². The average molecular weight is 218 g/mol. The Morgan fingerprint density at radius 3 is 2.69 bits per heavy atom. The number of nitrogens with zero attached hydrogens (tertiary/aromatic N) is 3. The van der Waals surface area contributed by atoms with Crippen LogP contribution in [0.1, 0.15) is 20.8 Å². The number of H-pyrrole nitrogens is 1. The zero-order chi connectivity index (χ0) is 11.6. The standard InChI is InChI=1S/C11H14N4O/c1-11(2,3)16-9-6-4-5-8(7-9)10-12-14-15-13-10/h4-7H,1-3H3,(H,12,13,14,15). The maximum atomic E-state index is 5.75. The molecule has 2 rings (SSSR count). The van der Waals surface area contributed by atoms with Gasteiger partial charge in [0, 0.05) is 5.56 Å². The molecule has 1 N–H and O–H groups in total. The Hall–Kier alpha value is -1.91. The smallest absolute Gasteiger partial charge is 0.204 e. The van der Waals surface area contributed by atoms with Gasteiger partial charge in [-0.15, -0.1) is 10.2 Å². The Morgan fingerprint density at radius 2 is 2.06 bits per heavy atom. The number of hydrogen-bond acceptors (Lipinski definition) is 4. The average Bonchev–Trinajstić information content (AvgIpc) is 2.68. The number of aromatic nitrogens is 4. The van der Waals surface area contributed by atoms with Crippen molar-refractivity contribution >= 4 is 0 Å². The van der Waals surface area contributed by atoms with E-state index in [2.05, 4.69) is 20.6 Å². The largest absolute Gasteiger partial charge is 0.488 e. The number of tetrazole rings is 1. The molecule has 2 aromatic rings. The first kappa shape index (κ1) is 10.6. The third-order valence-electron chi connectivity index (χ3n) is 1.86. The van der Waals surface area contributed by atoms with Crippen LogP contribution in [0.2, 0.25) is 0 Å². The van der Waals surface area contributed by atoms with Gasteiger partial charge >= 0.3 is 0 Å². The summed E-state index contributed by atoms with van der Waals surface area (Å²) in [5.41, 5.74) is 0.672. The van der Waals surface area contributed by atoms with Gasteiger partial charge in [0.1, 0.15) is 11.4 Å². The lowest BCUT2D eigenvalue weighted by Gasteiger charge is -2.21. The zero-order valence-corrected chi connectivity index (χ0v) is 9.56. The predicted molar refractivity (Wildman–Crippen MR) is 60.0 cm³/mol. The molecule has 0 amide bonds. The number of hydrogen-bond donors (Lipinski definition) is 1. The molecule has 0 aliphatic rings. The highest BCUT2D eigenvalue weighted by Gasteiger charge is 2.12. The van der Waals surface area contributed by atoms with Crippen LogP contribution in [-0.2, 0) is 0 Å². The molecule has 0 saturated heterocycles. The van der Waals surface area contributed by atoms with E-state index in [9.17, 15) is 0 Å².